The van der Waals surface area contributed by atoms with E-state index < -0.39 is 0 Å². The number of halogens is 2. The number of nitrogens with zero attached hydrogens (tertiary/aromatic N) is 3. The highest BCUT2D eigenvalue weighted by Crippen LogP contribution is 2.26. The Morgan fingerprint density at radius 3 is 1.41 bits per heavy atom. The molecule has 1 heterocycles. The van der Waals surface area contributed by atoms with Crippen molar-refractivity contribution in [1.82, 2.24) is 4.98 Å². The summed E-state index contributed by atoms with van der Waals surface area (Å²) in [5.74, 6) is -0.546. The van der Waals surface area contributed by atoms with Crippen LogP contribution in [0.25, 0.3) is 21.8 Å². The van der Waals surface area contributed by atoms with Gasteiger partial charge in [0.2, 0.25) is 0 Å². The van der Waals surface area contributed by atoms with Crippen LogP contribution in [0.4, 0.5) is 20.2 Å². The summed E-state index contributed by atoms with van der Waals surface area (Å²) >= 11 is 0. The van der Waals surface area contributed by atoms with E-state index in [1.165, 1.54) is 24.3 Å². The van der Waals surface area contributed by atoms with Gasteiger partial charge in [-0.3, -0.25) is 9.98 Å². The van der Waals surface area contributed by atoms with E-state index in [0.29, 0.717) is 0 Å². The van der Waals surface area contributed by atoms with Gasteiger partial charge >= 0.3 is 0 Å². The molecule has 0 unspecified atom stereocenters. The van der Waals surface area contributed by atoms with E-state index in [4.69, 9.17) is 4.98 Å². The summed E-state index contributed by atoms with van der Waals surface area (Å²) in [7, 11) is 0. The van der Waals surface area contributed by atoms with Crippen LogP contribution in [0.5, 0.6) is 0 Å². The first-order chi connectivity index (χ1) is 15.6. The normalized spacial score (nSPS) is 11.8. The molecule has 5 rings (SSSR count). The zero-order valence-corrected chi connectivity index (χ0v) is 16.9. The molecule has 0 saturated heterocycles. The maximum atomic E-state index is 13.1. The lowest BCUT2D eigenvalue weighted by Gasteiger charge is -2.04. The smallest absolute Gasteiger partial charge is 0.123 e. The van der Waals surface area contributed by atoms with Crippen LogP contribution in [0.1, 0.15) is 11.1 Å². The third kappa shape index (κ3) is 4.42. The van der Waals surface area contributed by atoms with Gasteiger partial charge in [0.1, 0.15) is 11.6 Å². The van der Waals surface area contributed by atoms with Crippen LogP contribution in [0.15, 0.2) is 101 Å². The van der Waals surface area contributed by atoms with Crippen molar-refractivity contribution in [3.05, 3.63) is 114 Å². The molecular weight excluding hydrogens is 404 g/mol. The summed E-state index contributed by atoms with van der Waals surface area (Å²) in [6.07, 6.45) is 3.40. The van der Waals surface area contributed by atoms with Crippen LogP contribution in [0, 0.1) is 11.6 Å². The summed E-state index contributed by atoms with van der Waals surface area (Å²) in [6.45, 7) is 0. The molecular formula is C27H17F2N3. The topological polar surface area (TPSA) is 37.6 Å². The van der Waals surface area contributed by atoms with E-state index >= 15 is 0 Å². The lowest BCUT2D eigenvalue weighted by molar-refractivity contribution is 0.627. The van der Waals surface area contributed by atoms with Crippen LogP contribution < -0.4 is 0 Å². The van der Waals surface area contributed by atoms with Gasteiger partial charge in [-0.05, 0) is 65.7 Å². The molecule has 0 N–H and O–H groups in total. The van der Waals surface area contributed by atoms with Crippen LogP contribution >= 0.6 is 0 Å². The molecule has 0 spiro atoms. The minimum atomic E-state index is -0.273. The summed E-state index contributed by atoms with van der Waals surface area (Å²) < 4.78 is 26.1. The van der Waals surface area contributed by atoms with Gasteiger partial charge in [0.15, 0.2) is 0 Å². The molecule has 0 saturated carbocycles. The number of rotatable bonds is 4. The number of aromatic nitrogens is 1. The number of fused-ring (bicyclic) bond motifs is 2. The van der Waals surface area contributed by atoms with Crippen LogP contribution in [0.3, 0.4) is 0 Å². The first-order valence-corrected chi connectivity index (χ1v) is 10.1. The molecule has 4 aromatic carbocycles. The number of hydrogen-bond donors (Lipinski definition) is 0. The van der Waals surface area contributed by atoms with E-state index in [1.54, 1.807) is 36.7 Å². The second-order valence-electron chi connectivity index (χ2n) is 7.36. The molecule has 0 fully saturated rings. The molecule has 5 aromatic rings. The molecule has 32 heavy (non-hydrogen) atoms. The molecule has 1 aromatic heterocycles. The molecule has 154 valence electrons. The van der Waals surface area contributed by atoms with Crippen molar-refractivity contribution in [1.29, 1.82) is 0 Å². The molecule has 0 aliphatic carbocycles. The second kappa shape index (κ2) is 8.47. The summed E-state index contributed by atoms with van der Waals surface area (Å²) in [4.78, 5) is 13.8. The van der Waals surface area contributed by atoms with Gasteiger partial charge in [0, 0.05) is 23.2 Å². The van der Waals surface area contributed by atoms with Crippen LogP contribution in [-0.2, 0) is 0 Å². The standard InChI is InChI=1S/C27H17F2N3/c28-22-7-1-18(2-8-22)16-30-24-11-5-20-13-21-6-12-25(15-27(21)32-26(20)14-24)31-17-19-3-9-23(29)10-4-19/h1-17H. The van der Waals surface area contributed by atoms with Crippen LogP contribution in [0.2, 0.25) is 0 Å². The zero-order valence-electron chi connectivity index (χ0n) is 16.9. The van der Waals surface area contributed by atoms with Crippen molar-refractivity contribution in [2.24, 2.45) is 9.98 Å². The third-order valence-electron chi connectivity index (χ3n) is 5.05. The number of aliphatic imine (C=N–C) groups is 2. The van der Waals surface area contributed by atoms with E-state index in [0.717, 1.165) is 44.3 Å². The lowest BCUT2D eigenvalue weighted by atomic mass is 10.1. The predicted molar refractivity (Wildman–Crippen MR) is 127 cm³/mol. The average Bonchev–Trinajstić information content (AvgIpc) is 2.82. The highest BCUT2D eigenvalue weighted by molar-refractivity contribution is 5.95. The maximum Gasteiger partial charge on any atom is 0.123 e. The Kier molecular flexibility index (Phi) is 5.22. The zero-order chi connectivity index (χ0) is 21.9. The third-order valence-corrected chi connectivity index (χ3v) is 5.05. The van der Waals surface area contributed by atoms with E-state index in [9.17, 15) is 8.78 Å². The fourth-order valence-electron chi connectivity index (χ4n) is 3.36. The average molecular weight is 421 g/mol. The highest BCUT2D eigenvalue weighted by Gasteiger charge is 2.03. The maximum absolute atomic E-state index is 13.1. The minimum Gasteiger partial charge on any atom is -0.256 e. The largest absolute Gasteiger partial charge is 0.256 e. The Labute approximate surface area is 183 Å². The van der Waals surface area contributed by atoms with E-state index in [-0.39, 0.29) is 11.6 Å². The molecule has 0 radical (unpaired) electrons. The molecule has 0 bridgehead atoms. The van der Waals surface area contributed by atoms with Crippen molar-refractivity contribution in [2.75, 3.05) is 0 Å². The van der Waals surface area contributed by atoms with Gasteiger partial charge < -0.3 is 0 Å². The van der Waals surface area contributed by atoms with Gasteiger partial charge in [-0.25, -0.2) is 13.8 Å². The van der Waals surface area contributed by atoms with Crippen molar-refractivity contribution >= 4 is 45.6 Å². The summed E-state index contributed by atoms with van der Waals surface area (Å²) in [5.41, 5.74) is 4.82. The quantitative estimate of drug-likeness (QED) is 0.224. The van der Waals surface area contributed by atoms with E-state index in [2.05, 4.69) is 16.1 Å². The predicted octanol–water partition coefficient (Wildman–Crippen LogP) is 7.17. The monoisotopic (exact) mass is 421 g/mol. The first-order valence-electron chi connectivity index (χ1n) is 10.1. The molecule has 3 nitrogen and oxygen atoms in total. The summed E-state index contributed by atoms with van der Waals surface area (Å²) in [6, 6.07) is 26.1. The molecule has 0 amide bonds. The van der Waals surface area contributed by atoms with Crippen molar-refractivity contribution < 1.29 is 8.78 Å². The van der Waals surface area contributed by atoms with Crippen molar-refractivity contribution in [3.8, 4) is 0 Å². The van der Waals surface area contributed by atoms with Crippen molar-refractivity contribution in [3.63, 3.8) is 0 Å². The van der Waals surface area contributed by atoms with E-state index in [1.807, 2.05) is 36.4 Å². The van der Waals surface area contributed by atoms with Crippen molar-refractivity contribution in [2.45, 2.75) is 0 Å². The van der Waals surface area contributed by atoms with Crippen LogP contribution in [-0.4, -0.2) is 17.4 Å². The molecule has 5 heteroatoms. The van der Waals surface area contributed by atoms with Gasteiger partial charge in [-0.15, -0.1) is 0 Å². The SMILES string of the molecule is Fc1ccc(C=Nc2ccc3cc4ccc(N=Cc5ccc(F)cc5)cc4nc3c2)cc1. The Hall–Kier alpha value is -4.25. The fraction of sp³-hybridized carbons (Fsp3) is 0. The van der Waals surface area contributed by atoms with Gasteiger partial charge in [0.05, 0.1) is 22.4 Å². The number of hydrogen-bond acceptors (Lipinski definition) is 3. The fourth-order valence-corrected chi connectivity index (χ4v) is 3.36. The van der Waals surface area contributed by atoms with Gasteiger partial charge in [-0.1, -0.05) is 36.4 Å². The summed E-state index contributed by atoms with van der Waals surface area (Å²) in [5, 5.41) is 2.03. The molecule has 0 aliphatic rings. The number of benzene rings is 4. The Morgan fingerprint density at radius 1 is 0.531 bits per heavy atom. The van der Waals surface area contributed by atoms with Gasteiger partial charge in [-0.2, -0.15) is 0 Å². The molecule has 0 atom stereocenters. The Balaban J connectivity index is 1.45. The molecule has 0 aliphatic heterocycles. The lowest BCUT2D eigenvalue weighted by Crippen LogP contribution is -1.84. The minimum absolute atomic E-state index is 0.273. The van der Waals surface area contributed by atoms with Gasteiger partial charge in [0.25, 0.3) is 0 Å². The Bertz CT molecular complexity index is 1360. The number of pyridine rings is 1. The first kappa shape index (κ1) is 19.7. The second-order valence-corrected chi connectivity index (χ2v) is 7.36. The Morgan fingerprint density at radius 2 is 0.969 bits per heavy atom. The highest BCUT2D eigenvalue weighted by atomic mass is 19.1.